The number of aromatic nitrogens is 1. The molecule has 0 bridgehead atoms. The summed E-state index contributed by atoms with van der Waals surface area (Å²) in [5.74, 6) is 1.57. The van der Waals surface area contributed by atoms with Crippen molar-refractivity contribution in [3.8, 4) is 11.6 Å². The van der Waals surface area contributed by atoms with E-state index in [1.54, 1.807) is 0 Å². The van der Waals surface area contributed by atoms with Crippen molar-refractivity contribution in [3.63, 3.8) is 0 Å². The Bertz CT molecular complexity index is 621. The van der Waals surface area contributed by atoms with Crippen molar-refractivity contribution < 1.29 is 4.74 Å². The fourth-order valence-electron chi connectivity index (χ4n) is 2.24. The zero-order chi connectivity index (χ0) is 14.7. The second-order valence-corrected chi connectivity index (χ2v) is 5.19. The fraction of sp³-hybridized carbons (Fsp3) is 0.353. The van der Waals surface area contributed by atoms with Crippen LogP contribution in [0.4, 0.5) is 0 Å². The van der Waals surface area contributed by atoms with Crippen LogP contribution >= 0.6 is 0 Å². The van der Waals surface area contributed by atoms with Crippen molar-refractivity contribution in [1.82, 2.24) is 10.3 Å². The van der Waals surface area contributed by atoms with E-state index in [2.05, 4.69) is 43.2 Å². The number of ether oxygens (including phenoxy) is 1. The Morgan fingerprint density at radius 2 is 1.85 bits per heavy atom. The molecule has 3 heteroatoms. The summed E-state index contributed by atoms with van der Waals surface area (Å²) in [5.41, 5.74) is 5.67. The molecule has 1 N–H and O–H groups in total. The van der Waals surface area contributed by atoms with Gasteiger partial charge in [-0.3, -0.25) is 0 Å². The van der Waals surface area contributed by atoms with Gasteiger partial charge in [0.15, 0.2) is 0 Å². The van der Waals surface area contributed by atoms with Gasteiger partial charge in [-0.1, -0.05) is 12.1 Å². The van der Waals surface area contributed by atoms with E-state index in [0.29, 0.717) is 5.88 Å². The molecule has 20 heavy (non-hydrogen) atoms. The maximum Gasteiger partial charge on any atom is 0.224 e. The minimum absolute atomic E-state index is 0.700. The van der Waals surface area contributed by atoms with Gasteiger partial charge in [0, 0.05) is 17.8 Å². The van der Waals surface area contributed by atoms with Gasteiger partial charge >= 0.3 is 0 Å². The summed E-state index contributed by atoms with van der Waals surface area (Å²) >= 11 is 0. The van der Waals surface area contributed by atoms with Gasteiger partial charge in [-0.05, 0) is 63.6 Å². The van der Waals surface area contributed by atoms with Gasteiger partial charge in [0.05, 0.1) is 0 Å². The minimum Gasteiger partial charge on any atom is -0.438 e. The maximum atomic E-state index is 6.08. The summed E-state index contributed by atoms with van der Waals surface area (Å²) in [4.78, 5) is 4.56. The third-order valence-electron chi connectivity index (χ3n) is 3.55. The first-order chi connectivity index (χ1) is 9.52. The molecule has 0 amide bonds. The van der Waals surface area contributed by atoms with E-state index in [1.807, 2.05) is 26.1 Å². The molecule has 0 saturated heterocycles. The molecule has 0 aliphatic carbocycles. The summed E-state index contributed by atoms with van der Waals surface area (Å²) in [6, 6.07) is 8.18. The Kier molecular flexibility index (Phi) is 4.40. The van der Waals surface area contributed by atoms with Crippen molar-refractivity contribution in [3.05, 3.63) is 52.2 Å². The Hall–Kier alpha value is -1.87. The van der Waals surface area contributed by atoms with Crippen molar-refractivity contribution in [1.29, 1.82) is 0 Å². The molecule has 0 unspecified atom stereocenters. The quantitative estimate of drug-likeness (QED) is 0.917. The molecule has 0 saturated carbocycles. The zero-order valence-corrected chi connectivity index (χ0v) is 12.9. The second kappa shape index (κ2) is 6.06. The van der Waals surface area contributed by atoms with Crippen molar-refractivity contribution >= 4 is 0 Å². The van der Waals surface area contributed by atoms with Gasteiger partial charge in [-0.25, -0.2) is 4.98 Å². The molecule has 0 atom stereocenters. The summed E-state index contributed by atoms with van der Waals surface area (Å²) in [7, 11) is 1.93. The molecule has 1 heterocycles. The average molecular weight is 270 g/mol. The van der Waals surface area contributed by atoms with E-state index in [0.717, 1.165) is 29.1 Å². The van der Waals surface area contributed by atoms with E-state index in [4.69, 9.17) is 4.74 Å². The molecular formula is C17H22N2O. The lowest BCUT2D eigenvalue weighted by atomic mass is 10.1. The smallest absolute Gasteiger partial charge is 0.224 e. The highest BCUT2D eigenvalue weighted by molar-refractivity contribution is 5.43. The third kappa shape index (κ3) is 2.99. The lowest BCUT2D eigenvalue weighted by Gasteiger charge is -2.15. The molecule has 1 aromatic carbocycles. The van der Waals surface area contributed by atoms with E-state index >= 15 is 0 Å². The first-order valence-corrected chi connectivity index (χ1v) is 6.88. The van der Waals surface area contributed by atoms with Gasteiger partial charge in [0.2, 0.25) is 5.88 Å². The van der Waals surface area contributed by atoms with Gasteiger partial charge in [0.1, 0.15) is 5.75 Å². The molecule has 0 aliphatic rings. The Labute approximate surface area is 121 Å². The second-order valence-electron chi connectivity index (χ2n) is 5.19. The third-order valence-corrected chi connectivity index (χ3v) is 3.55. The van der Waals surface area contributed by atoms with Crippen molar-refractivity contribution in [2.45, 2.75) is 34.2 Å². The number of rotatable bonds is 4. The largest absolute Gasteiger partial charge is 0.438 e. The number of nitrogens with zero attached hydrogens (tertiary/aromatic N) is 1. The fourth-order valence-corrected chi connectivity index (χ4v) is 2.24. The van der Waals surface area contributed by atoms with Gasteiger partial charge in [-0.15, -0.1) is 0 Å². The van der Waals surface area contributed by atoms with E-state index in [-0.39, 0.29) is 0 Å². The normalized spacial score (nSPS) is 10.7. The number of hydrogen-bond acceptors (Lipinski definition) is 3. The van der Waals surface area contributed by atoms with Crippen LogP contribution in [0.2, 0.25) is 0 Å². The Morgan fingerprint density at radius 3 is 2.55 bits per heavy atom. The molecular weight excluding hydrogens is 248 g/mol. The maximum absolute atomic E-state index is 6.08. The van der Waals surface area contributed by atoms with Crippen LogP contribution in [0.5, 0.6) is 11.6 Å². The average Bonchev–Trinajstić information content (AvgIpc) is 2.39. The predicted molar refractivity (Wildman–Crippen MR) is 82.5 cm³/mol. The van der Waals surface area contributed by atoms with Gasteiger partial charge in [0.25, 0.3) is 0 Å². The molecule has 0 aliphatic heterocycles. The molecule has 3 nitrogen and oxygen atoms in total. The van der Waals surface area contributed by atoms with Crippen molar-refractivity contribution in [2.75, 3.05) is 7.05 Å². The zero-order valence-electron chi connectivity index (χ0n) is 12.9. The van der Waals surface area contributed by atoms with Crippen LogP contribution < -0.4 is 10.1 Å². The van der Waals surface area contributed by atoms with Crippen LogP contribution in [0.25, 0.3) is 0 Å². The monoisotopic (exact) mass is 270 g/mol. The number of hydrogen-bond donors (Lipinski definition) is 1. The first-order valence-electron chi connectivity index (χ1n) is 6.88. The molecule has 2 aromatic rings. The molecule has 106 valence electrons. The number of aryl methyl sites for hydroxylation is 3. The highest BCUT2D eigenvalue weighted by Gasteiger charge is 2.12. The topological polar surface area (TPSA) is 34.2 Å². The van der Waals surface area contributed by atoms with Crippen molar-refractivity contribution in [2.24, 2.45) is 0 Å². The van der Waals surface area contributed by atoms with Crippen LogP contribution in [0, 0.1) is 27.7 Å². The van der Waals surface area contributed by atoms with Crippen LogP contribution in [-0.2, 0) is 6.54 Å². The number of benzene rings is 1. The molecule has 0 spiro atoms. The summed E-state index contributed by atoms with van der Waals surface area (Å²) < 4.78 is 6.08. The van der Waals surface area contributed by atoms with Crippen LogP contribution in [0.15, 0.2) is 24.3 Å². The predicted octanol–water partition coefficient (Wildman–Crippen LogP) is 3.83. The summed E-state index contributed by atoms with van der Waals surface area (Å²) in [5, 5.41) is 3.18. The van der Waals surface area contributed by atoms with Crippen LogP contribution in [0.1, 0.15) is 27.9 Å². The van der Waals surface area contributed by atoms with Crippen LogP contribution in [-0.4, -0.2) is 12.0 Å². The van der Waals surface area contributed by atoms with E-state index in [9.17, 15) is 0 Å². The van der Waals surface area contributed by atoms with Crippen LogP contribution in [0.3, 0.4) is 0 Å². The molecule has 0 fully saturated rings. The molecule has 0 radical (unpaired) electrons. The molecule has 2 rings (SSSR count). The lowest BCUT2D eigenvalue weighted by Crippen LogP contribution is -2.10. The van der Waals surface area contributed by atoms with Gasteiger partial charge in [-0.2, -0.15) is 0 Å². The SMILES string of the molecule is CNCc1c(C)cc(C)nc1Oc1cccc(C)c1C. The first kappa shape index (κ1) is 14.5. The highest BCUT2D eigenvalue weighted by Crippen LogP contribution is 2.29. The lowest BCUT2D eigenvalue weighted by molar-refractivity contribution is 0.448. The Morgan fingerprint density at radius 1 is 1.10 bits per heavy atom. The van der Waals surface area contributed by atoms with Gasteiger partial charge < -0.3 is 10.1 Å². The number of nitrogens with one attached hydrogen (secondary N) is 1. The molecule has 1 aromatic heterocycles. The Balaban J connectivity index is 2.44. The summed E-state index contributed by atoms with van der Waals surface area (Å²) in [6.07, 6.45) is 0. The number of pyridine rings is 1. The van der Waals surface area contributed by atoms with E-state index in [1.165, 1.54) is 11.1 Å². The highest BCUT2D eigenvalue weighted by atomic mass is 16.5. The summed E-state index contributed by atoms with van der Waals surface area (Å²) in [6.45, 7) is 9.00. The minimum atomic E-state index is 0.700. The van der Waals surface area contributed by atoms with E-state index < -0.39 is 0 Å². The standard InChI is InChI=1S/C17H22N2O/c1-11-7-6-8-16(14(11)4)20-17-15(10-18-5)12(2)9-13(3)19-17/h6-9,18H,10H2,1-5H3.